The standard InChI is InChI=1S/C10H11F3OS/c1-7-3-4-8(2)9(5-7)15(14)6-10(11,12)13/h3-5H,6H2,1-2H3. The van der Waals surface area contributed by atoms with Crippen LogP contribution in [-0.2, 0) is 11.2 Å². The van der Waals surface area contributed by atoms with Gasteiger partial charge in [-0.25, -0.2) is 0 Å². The Labute approximate surface area is 89.5 Å². The van der Waals surface area contributed by atoms with E-state index in [0.29, 0.717) is 5.56 Å². The van der Waals surface area contributed by atoms with Crippen molar-refractivity contribution in [3.05, 3.63) is 29.3 Å². The molecule has 0 saturated carbocycles. The van der Waals surface area contributed by atoms with Crippen LogP contribution in [0.5, 0.6) is 0 Å². The molecule has 0 fully saturated rings. The van der Waals surface area contributed by atoms with Crippen molar-refractivity contribution in [3.63, 3.8) is 0 Å². The van der Waals surface area contributed by atoms with Crippen molar-refractivity contribution in [2.24, 2.45) is 0 Å². The van der Waals surface area contributed by atoms with Gasteiger partial charge in [0.25, 0.3) is 0 Å². The Hall–Kier alpha value is -0.680. The van der Waals surface area contributed by atoms with Crippen LogP contribution in [0.3, 0.4) is 0 Å². The van der Waals surface area contributed by atoms with E-state index in [9.17, 15) is 17.7 Å². The maximum Gasteiger partial charge on any atom is 0.433 e. The lowest BCUT2D eigenvalue weighted by molar-refractivity contribution is -0.106. The van der Waals surface area contributed by atoms with Crippen LogP contribution in [-0.4, -0.2) is 16.5 Å². The minimum atomic E-state index is -4.39. The van der Waals surface area contributed by atoms with E-state index in [4.69, 9.17) is 0 Å². The predicted octanol–water partition coefficient (Wildman–Crippen LogP) is 2.97. The number of alkyl halides is 3. The lowest BCUT2D eigenvalue weighted by Crippen LogP contribution is -2.23. The highest BCUT2D eigenvalue weighted by atomic mass is 32.2. The van der Waals surface area contributed by atoms with Crippen molar-refractivity contribution in [1.82, 2.24) is 0 Å². The minimum absolute atomic E-state index is 0.271. The molecule has 0 N–H and O–H groups in total. The lowest BCUT2D eigenvalue weighted by atomic mass is 10.2. The number of rotatable bonds is 2. The normalized spacial score (nSPS) is 14.0. The van der Waals surface area contributed by atoms with Crippen molar-refractivity contribution in [1.29, 1.82) is 0 Å². The van der Waals surface area contributed by atoms with Gasteiger partial charge in [-0.15, -0.1) is 0 Å². The zero-order valence-electron chi connectivity index (χ0n) is 8.39. The van der Waals surface area contributed by atoms with Crippen molar-refractivity contribution < 1.29 is 17.7 Å². The van der Waals surface area contributed by atoms with Gasteiger partial charge in [0.1, 0.15) is 0 Å². The SMILES string of the molecule is Cc1ccc(C)c([S+]([O-])CC(F)(F)F)c1. The van der Waals surface area contributed by atoms with Crippen molar-refractivity contribution >= 4 is 11.2 Å². The van der Waals surface area contributed by atoms with E-state index in [1.54, 1.807) is 26.0 Å². The maximum absolute atomic E-state index is 12.0. The summed E-state index contributed by atoms with van der Waals surface area (Å²) in [5.74, 6) is -1.28. The highest BCUT2D eigenvalue weighted by Crippen LogP contribution is 2.25. The summed E-state index contributed by atoms with van der Waals surface area (Å²) in [7, 11) is 0. The molecular weight excluding hydrogens is 225 g/mol. The molecule has 0 aliphatic carbocycles. The number of hydrogen-bond acceptors (Lipinski definition) is 1. The third-order valence-corrected chi connectivity index (χ3v) is 3.40. The molecule has 0 radical (unpaired) electrons. The number of benzene rings is 1. The first-order chi connectivity index (χ1) is 6.79. The van der Waals surface area contributed by atoms with Crippen LogP contribution >= 0.6 is 0 Å². The van der Waals surface area contributed by atoms with Gasteiger partial charge in [0.05, 0.1) is 0 Å². The molecule has 0 heterocycles. The molecule has 0 aliphatic heterocycles. The second-order valence-electron chi connectivity index (χ2n) is 3.37. The zero-order valence-corrected chi connectivity index (χ0v) is 9.21. The van der Waals surface area contributed by atoms with Gasteiger partial charge in [0, 0.05) is 5.56 Å². The van der Waals surface area contributed by atoms with Crippen molar-refractivity contribution in [2.75, 3.05) is 5.75 Å². The molecule has 0 aliphatic rings. The molecule has 0 amide bonds. The molecule has 15 heavy (non-hydrogen) atoms. The first-order valence-electron chi connectivity index (χ1n) is 4.32. The number of aryl methyl sites for hydroxylation is 2. The molecule has 1 rings (SSSR count). The first kappa shape index (κ1) is 12.4. The fourth-order valence-corrected chi connectivity index (χ4v) is 2.38. The maximum atomic E-state index is 12.0. The van der Waals surface area contributed by atoms with Crippen LogP contribution in [0.25, 0.3) is 0 Å². The highest BCUT2D eigenvalue weighted by molar-refractivity contribution is 7.91. The van der Waals surface area contributed by atoms with Crippen LogP contribution in [0, 0.1) is 13.8 Å². The summed E-state index contributed by atoms with van der Waals surface area (Å²) in [5.41, 5.74) is 1.44. The van der Waals surface area contributed by atoms with Crippen LogP contribution in [0.4, 0.5) is 13.2 Å². The van der Waals surface area contributed by atoms with E-state index in [1.165, 1.54) is 6.07 Å². The summed E-state index contributed by atoms with van der Waals surface area (Å²) in [4.78, 5) is 0.271. The monoisotopic (exact) mass is 236 g/mol. The van der Waals surface area contributed by atoms with Gasteiger partial charge in [-0.05, 0) is 36.7 Å². The summed E-state index contributed by atoms with van der Waals surface area (Å²) in [5, 5.41) is 0. The molecule has 0 spiro atoms. The van der Waals surface area contributed by atoms with Crippen LogP contribution in [0.1, 0.15) is 11.1 Å². The predicted molar refractivity (Wildman–Crippen MR) is 53.2 cm³/mol. The van der Waals surface area contributed by atoms with Gasteiger partial charge in [0.15, 0.2) is 4.90 Å². The average Bonchev–Trinajstić information content (AvgIpc) is 2.06. The highest BCUT2D eigenvalue weighted by Gasteiger charge is 2.36. The van der Waals surface area contributed by atoms with Crippen molar-refractivity contribution in [2.45, 2.75) is 24.9 Å². The Bertz CT molecular complexity index is 349. The Kier molecular flexibility index (Phi) is 3.67. The third kappa shape index (κ3) is 3.76. The van der Waals surface area contributed by atoms with Gasteiger partial charge >= 0.3 is 6.18 Å². The third-order valence-electron chi connectivity index (χ3n) is 1.88. The summed E-state index contributed by atoms with van der Waals surface area (Å²) < 4.78 is 47.5. The molecule has 0 bridgehead atoms. The van der Waals surface area contributed by atoms with E-state index in [0.717, 1.165) is 5.56 Å². The van der Waals surface area contributed by atoms with Crippen molar-refractivity contribution in [3.8, 4) is 0 Å². The Morgan fingerprint density at radius 1 is 1.27 bits per heavy atom. The molecule has 1 aromatic rings. The van der Waals surface area contributed by atoms with Gasteiger partial charge in [0.2, 0.25) is 5.75 Å². The van der Waals surface area contributed by atoms with E-state index >= 15 is 0 Å². The van der Waals surface area contributed by atoms with E-state index < -0.39 is 23.1 Å². The zero-order chi connectivity index (χ0) is 11.6. The summed E-state index contributed by atoms with van der Waals surface area (Å²) in [6.45, 7) is 3.41. The van der Waals surface area contributed by atoms with Gasteiger partial charge in [-0.2, -0.15) is 13.2 Å². The number of hydrogen-bond donors (Lipinski definition) is 0. The Morgan fingerprint density at radius 2 is 1.87 bits per heavy atom. The lowest BCUT2D eigenvalue weighted by Gasteiger charge is -2.14. The quantitative estimate of drug-likeness (QED) is 0.724. The second kappa shape index (κ2) is 4.45. The molecule has 1 aromatic carbocycles. The van der Waals surface area contributed by atoms with E-state index in [2.05, 4.69) is 0 Å². The second-order valence-corrected chi connectivity index (χ2v) is 4.79. The topological polar surface area (TPSA) is 23.1 Å². The Balaban J connectivity index is 2.90. The van der Waals surface area contributed by atoms with Crippen LogP contribution < -0.4 is 0 Å². The first-order valence-corrected chi connectivity index (χ1v) is 5.64. The summed E-state index contributed by atoms with van der Waals surface area (Å²) in [6, 6.07) is 5.00. The summed E-state index contributed by atoms with van der Waals surface area (Å²) in [6.07, 6.45) is -4.39. The smallest absolute Gasteiger partial charge is 0.433 e. The van der Waals surface area contributed by atoms with E-state index in [-0.39, 0.29) is 4.90 Å². The molecule has 0 aromatic heterocycles. The molecule has 1 unspecified atom stereocenters. The fourth-order valence-electron chi connectivity index (χ4n) is 1.18. The summed E-state index contributed by atoms with van der Waals surface area (Å²) >= 11 is -2.00. The van der Waals surface area contributed by atoms with Gasteiger partial charge < -0.3 is 4.55 Å². The number of halogens is 3. The van der Waals surface area contributed by atoms with Crippen LogP contribution in [0.15, 0.2) is 23.1 Å². The molecular formula is C10H11F3OS. The average molecular weight is 236 g/mol. The Morgan fingerprint density at radius 3 is 2.40 bits per heavy atom. The minimum Gasteiger partial charge on any atom is -0.611 e. The molecule has 1 atom stereocenters. The van der Waals surface area contributed by atoms with E-state index in [1.807, 2.05) is 0 Å². The molecule has 1 nitrogen and oxygen atoms in total. The molecule has 5 heteroatoms. The molecule has 84 valence electrons. The van der Waals surface area contributed by atoms with Gasteiger partial charge in [-0.3, -0.25) is 0 Å². The largest absolute Gasteiger partial charge is 0.611 e. The fraction of sp³-hybridized carbons (Fsp3) is 0.400. The van der Waals surface area contributed by atoms with Gasteiger partial charge in [-0.1, -0.05) is 12.1 Å². The molecule has 0 saturated heterocycles. The van der Waals surface area contributed by atoms with Crippen LogP contribution in [0.2, 0.25) is 0 Å².